The Morgan fingerprint density at radius 3 is 2.38 bits per heavy atom. The van der Waals surface area contributed by atoms with Crippen molar-refractivity contribution in [2.75, 3.05) is 39.4 Å². The minimum atomic E-state index is -4.50. The number of likely N-dealkylation sites (N-methyl/N-ethyl adjacent to an activating group) is 1. The highest BCUT2D eigenvalue weighted by atomic mass is 19.4. The maximum atomic E-state index is 13.1. The van der Waals surface area contributed by atoms with Crippen LogP contribution in [-0.2, 0) is 20.5 Å². The van der Waals surface area contributed by atoms with E-state index in [1.165, 1.54) is 12.1 Å². The topological polar surface area (TPSA) is 61.9 Å². The number of nitrogens with zero attached hydrogens (tertiary/aromatic N) is 2. The van der Waals surface area contributed by atoms with E-state index in [4.69, 9.17) is 4.74 Å². The number of alkyl halides is 3. The third kappa shape index (κ3) is 5.93. The summed E-state index contributed by atoms with van der Waals surface area (Å²) in [7, 11) is 0. The summed E-state index contributed by atoms with van der Waals surface area (Å²) in [5.41, 5.74) is -0.565. The molecule has 2 rings (SSSR count). The fourth-order valence-electron chi connectivity index (χ4n) is 3.41. The Labute approximate surface area is 169 Å². The van der Waals surface area contributed by atoms with Crippen LogP contribution in [0.5, 0.6) is 0 Å². The Kier molecular flexibility index (Phi) is 8.04. The van der Waals surface area contributed by atoms with E-state index in [2.05, 4.69) is 5.32 Å². The third-order valence-corrected chi connectivity index (χ3v) is 5.01. The highest BCUT2D eigenvalue weighted by molar-refractivity contribution is 5.90. The number of benzene rings is 1. The first-order valence-electron chi connectivity index (χ1n) is 9.77. The highest BCUT2D eigenvalue weighted by Crippen LogP contribution is 2.32. The molecule has 1 heterocycles. The number of morpholine rings is 1. The van der Waals surface area contributed by atoms with E-state index >= 15 is 0 Å². The minimum absolute atomic E-state index is 0.232. The molecule has 1 aliphatic rings. The molecule has 6 nitrogen and oxygen atoms in total. The van der Waals surface area contributed by atoms with Crippen LogP contribution in [-0.4, -0.2) is 67.0 Å². The van der Waals surface area contributed by atoms with Crippen molar-refractivity contribution < 1.29 is 27.5 Å². The van der Waals surface area contributed by atoms with E-state index in [0.717, 1.165) is 12.1 Å². The van der Waals surface area contributed by atoms with Gasteiger partial charge in [-0.3, -0.25) is 14.5 Å². The lowest BCUT2D eigenvalue weighted by molar-refractivity contribution is -0.140. The van der Waals surface area contributed by atoms with Crippen molar-refractivity contribution in [3.8, 4) is 0 Å². The number of hydrogen-bond donors (Lipinski definition) is 1. The largest absolute Gasteiger partial charge is 0.416 e. The van der Waals surface area contributed by atoms with Crippen LogP contribution < -0.4 is 5.32 Å². The standard InChI is InChI=1S/C20H28F3N3O3/c1-4-25(5-2)17(15-7-6-8-16(13-15)20(21,22)23)18(27)24-14(3)19(28)26-9-11-29-12-10-26/h6-8,13-14,17H,4-5,9-12H2,1-3H3,(H,24,27). The molecule has 1 aromatic rings. The van der Waals surface area contributed by atoms with Crippen LogP contribution in [0.15, 0.2) is 24.3 Å². The number of ether oxygens (including phenoxy) is 1. The van der Waals surface area contributed by atoms with E-state index in [0.29, 0.717) is 39.4 Å². The van der Waals surface area contributed by atoms with Crippen LogP contribution in [0, 0.1) is 0 Å². The van der Waals surface area contributed by atoms with Crippen LogP contribution in [0.1, 0.15) is 37.9 Å². The second-order valence-electron chi connectivity index (χ2n) is 6.91. The molecule has 0 bridgehead atoms. The molecule has 1 aliphatic heterocycles. The molecule has 2 atom stereocenters. The Balaban J connectivity index is 2.23. The fourth-order valence-corrected chi connectivity index (χ4v) is 3.41. The molecule has 1 aromatic carbocycles. The van der Waals surface area contributed by atoms with Gasteiger partial charge in [-0.15, -0.1) is 0 Å². The van der Waals surface area contributed by atoms with Gasteiger partial charge >= 0.3 is 6.18 Å². The molecular formula is C20H28F3N3O3. The van der Waals surface area contributed by atoms with Gasteiger partial charge in [-0.25, -0.2) is 0 Å². The molecule has 162 valence electrons. The molecule has 0 radical (unpaired) electrons. The molecule has 2 amide bonds. The van der Waals surface area contributed by atoms with Gasteiger partial charge in [0.05, 0.1) is 18.8 Å². The summed E-state index contributed by atoms with van der Waals surface area (Å²) in [6.45, 7) is 7.98. The Morgan fingerprint density at radius 1 is 1.21 bits per heavy atom. The minimum Gasteiger partial charge on any atom is -0.378 e. The van der Waals surface area contributed by atoms with Crippen LogP contribution in [0.4, 0.5) is 13.2 Å². The number of amides is 2. The summed E-state index contributed by atoms with van der Waals surface area (Å²) in [6, 6.07) is 3.07. The van der Waals surface area contributed by atoms with Crippen LogP contribution in [0.3, 0.4) is 0 Å². The zero-order valence-corrected chi connectivity index (χ0v) is 17.0. The second-order valence-corrected chi connectivity index (χ2v) is 6.91. The summed E-state index contributed by atoms with van der Waals surface area (Å²) < 4.78 is 44.7. The zero-order valence-electron chi connectivity index (χ0n) is 17.0. The van der Waals surface area contributed by atoms with Gasteiger partial charge in [0.1, 0.15) is 12.1 Å². The Morgan fingerprint density at radius 2 is 1.83 bits per heavy atom. The van der Waals surface area contributed by atoms with Gasteiger partial charge < -0.3 is 15.0 Å². The number of carbonyl (C=O) groups excluding carboxylic acids is 2. The molecule has 2 unspecified atom stereocenters. The van der Waals surface area contributed by atoms with Crippen LogP contribution in [0.2, 0.25) is 0 Å². The van der Waals surface area contributed by atoms with E-state index in [-0.39, 0.29) is 11.5 Å². The highest BCUT2D eigenvalue weighted by Gasteiger charge is 2.34. The van der Waals surface area contributed by atoms with Gasteiger partial charge in [-0.05, 0) is 37.7 Å². The lowest BCUT2D eigenvalue weighted by atomic mass is 10.0. The van der Waals surface area contributed by atoms with Gasteiger partial charge in [-0.2, -0.15) is 13.2 Å². The normalized spacial score (nSPS) is 17.1. The molecule has 1 saturated heterocycles. The predicted molar refractivity (Wildman–Crippen MR) is 102 cm³/mol. The fraction of sp³-hybridized carbons (Fsp3) is 0.600. The summed E-state index contributed by atoms with van der Waals surface area (Å²) in [5, 5.41) is 2.69. The van der Waals surface area contributed by atoms with Crippen molar-refractivity contribution in [1.29, 1.82) is 0 Å². The van der Waals surface area contributed by atoms with Crippen molar-refractivity contribution in [3.63, 3.8) is 0 Å². The van der Waals surface area contributed by atoms with Gasteiger partial charge in [0.15, 0.2) is 0 Å². The lowest BCUT2D eigenvalue weighted by Gasteiger charge is -2.32. The molecule has 0 spiro atoms. The van der Waals surface area contributed by atoms with Crippen LogP contribution >= 0.6 is 0 Å². The first-order chi connectivity index (χ1) is 13.7. The number of hydrogen-bond acceptors (Lipinski definition) is 4. The molecule has 1 fully saturated rings. The maximum Gasteiger partial charge on any atom is 0.416 e. The molecule has 9 heteroatoms. The van der Waals surface area contributed by atoms with E-state index in [9.17, 15) is 22.8 Å². The van der Waals surface area contributed by atoms with Crippen molar-refractivity contribution in [2.24, 2.45) is 0 Å². The van der Waals surface area contributed by atoms with E-state index in [1.54, 1.807) is 16.7 Å². The quantitative estimate of drug-likeness (QED) is 0.743. The maximum absolute atomic E-state index is 13.1. The van der Waals surface area contributed by atoms with Gasteiger partial charge in [0, 0.05) is 13.1 Å². The van der Waals surface area contributed by atoms with E-state index in [1.807, 2.05) is 13.8 Å². The van der Waals surface area contributed by atoms with Crippen molar-refractivity contribution >= 4 is 11.8 Å². The average Bonchev–Trinajstić information content (AvgIpc) is 2.71. The average molecular weight is 415 g/mol. The third-order valence-electron chi connectivity index (χ3n) is 5.01. The first kappa shape index (κ1) is 23.2. The smallest absolute Gasteiger partial charge is 0.378 e. The summed E-state index contributed by atoms with van der Waals surface area (Å²) in [6.07, 6.45) is -4.50. The van der Waals surface area contributed by atoms with Crippen molar-refractivity contribution in [3.05, 3.63) is 35.4 Å². The van der Waals surface area contributed by atoms with Crippen molar-refractivity contribution in [2.45, 2.75) is 39.0 Å². The van der Waals surface area contributed by atoms with Crippen LogP contribution in [0.25, 0.3) is 0 Å². The number of nitrogens with one attached hydrogen (secondary N) is 1. The lowest BCUT2D eigenvalue weighted by Crippen LogP contribution is -2.52. The van der Waals surface area contributed by atoms with Gasteiger partial charge in [-0.1, -0.05) is 26.0 Å². The summed E-state index contributed by atoms with van der Waals surface area (Å²) in [5.74, 6) is -0.730. The monoisotopic (exact) mass is 415 g/mol. The molecule has 0 saturated carbocycles. The SMILES string of the molecule is CCN(CC)C(C(=O)NC(C)C(=O)N1CCOCC1)c1cccc(C(F)(F)F)c1. The molecule has 29 heavy (non-hydrogen) atoms. The Bertz CT molecular complexity index is 702. The predicted octanol–water partition coefficient (Wildman–Crippen LogP) is 2.45. The second kappa shape index (κ2) is 10.1. The number of halogens is 3. The Hall–Kier alpha value is -2.13. The molecule has 0 aliphatic carbocycles. The molecule has 0 aromatic heterocycles. The zero-order chi connectivity index (χ0) is 21.6. The van der Waals surface area contributed by atoms with Gasteiger partial charge in [0.2, 0.25) is 11.8 Å². The molecule has 1 N–H and O–H groups in total. The summed E-state index contributed by atoms with van der Waals surface area (Å²) >= 11 is 0. The summed E-state index contributed by atoms with van der Waals surface area (Å²) in [4.78, 5) is 29.0. The number of carbonyl (C=O) groups is 2. The van der Waals surface area contributed by atoms with E-state index < -0.39 is 29.7 Å². The first-order valence-corrected chi connectivity index (χ1v) is 9.77. The molecular weight excluding hydrogens is 387 g/mol. The number of rotatable bonds is 7. The van der Waals surface area contributed by atoms with Crippen molar-refractivity contribution in [1.82, 2.24) is 15.1 Å². The van der Waals surface area contributed by atoms with Gasteiger partial charge in [0.25, 0.3) is 0 Å².